The van der Waals surface area contributed by atoms with Crippen LogP contribution < -0.4 is 9.47 Å². The highest BCUT2D eigenvalue weighted by molar-refractivity contribution is 7.07. The van der Waals surface area contributed by atoms with E-state index in [1.165, 1.54) is 0 Å². The van der Waals surface area contributed by atoms with Gasteiger partial charge in [-0.2, -0.15) is 0 Å². The van der Waals surface area contributed by atoms with Gasteiger partial charge in [-0.1, -0.05) is 4.49 Å². The molecule has 2 aliphatic heterocycles. The van der Waals surface area contributed by atoms with Crippen LogP contribution in [0.3, 0.4) is 0 Å². The first-order valence-corrected chi connectivity index (χ1v) is 9.78. The molecule has 10 heteroatoms. The van der Waals surface area contributed by atoms with Crippen molar-refractivity contribution in [2.24, 2.45) is 0 Å². The summed E-state index contributed by atoms with van der Waals surface area (Å²) in [6.07, 6.45) is 1.77. The number of aromatic nitrogens is 4. The second-order valence-corrected chi connectivity index (χ2v) is 7.55. The number of fused-ring (bicyclic) bond motifs is 1. The number of carbonyl (C=O) groups is 1. The Morgan fingerprint density at radius 3 is 2.96 bits per heavy atom. The molecule has 0 aliphatic carbocycles. The van der Waals surface area contributed by atoms with Crippen molar-refractivity contribution in [3.05, 3.63) is 34.7 Å². The molecule has 1 aromatic carbocycles. The summed E-state index contributed by atoms with van der Waals surface area (Å²) >= 11 is 1.13. The molecule has 0 spiro atoms. The highest BCUT2D eigenvalue weighted by atomic mass is 32.1. The van der Waals surface area contributed by atoms with Crippen LogP contribution in [-0.4, -0.2) is 50.5 Å². The first kappa shape index (κ1) is 17.1. The van der Waals surface area contributed by atoms with Crippen molar-refractivity contribution in [1.29, 1.82) is 0 Å². The van der Waals surface area contributed by atoms with E-state index < -0.39 is 0 Å². The molecule has 144 valence electrons. The zero-order valence-electron chi connectivity index (χ0n) is 15.1. The van der Waals surface area contributed by atoms with Crippen LogP contribution in [0, 0.1) is 6.92 Å². The number of carbonyl (C=O) groups excluding carboxylic acids is 1. The summed E-state index contributed by atoms with van der Waals surface area (Å²) in [7, 11) is 0. The first-order chi connectivity index (χ1) is 13.7. The third-order valence-corrected chi connectivity index (χ3v) is 5.78. The maximum absolute atomic E-state index is 12.8. The van der Waals surface area contributed by atoms with Gasteiger partial charge in [-0.3, -0.25) is 4.79 Å². The van der Waals surface area contributed by atoms with Crippen LogP contribution in [-0.2, 0) is 0 Å². The van der Waals surface area contributed by atoms with Gasteiger partial charge in [0.25, 0.3) is 5.91 Å². The molecule has 9 nitrogen and oxygen atoms in total. The number of amides is 1. The molecular formula is C18H17N5O4S. The van der Waals surface area contributed by atoms with Gasteiger partial charge in [-0.15, -0.1) is 15.3 Å². The number of likely N-dealkylation sites (tertiary alicyclic amines) is 1. The predicted molar refractivity (Wildman–Crippen MR) is 98.4 cm³/mol. The van der Waals surface area contributed by atoms with Gasteiger partial charge in [0.1, 0.15) is 4.88 Å². The van der Waals surface area contributed by atoms with Crippen molar-refractivity contribution >= 4 is 17.4 Å². The molecule has 1 unspecified atom stereocenters. The van der Waals surface area contributed by atoms with Crippen molar-refractivity contribution in [3.63, 3.8) is 0 Å². The molecule has 1 saturated heterocycles. The topological polar surface area (TPSA) is 103 Å². The zero-order valence-corrected chi connectivity index (χ0v) is 15.9. The molecule has 5 rings (SSSR count). The second kappa shape index (κ2) is 6.86. The maximum Gasteiger partial charge on any atom is 0.267 e. The third kappa shape index (κ3) is 2.99. The zero-order chi connectivity index (χ0) is 19.1. The summed E-state index contributed by atoms with van der Waals surface area (Å²) in [5.74, 6) is 2.32. The Labute approximate surface area is 164 Å². The van der Waals surface area contributed by atoms with Gasteiger partial charge in [-0.25, -0.2) is 0 Å². The van der Waals surface area contributed by atoms with Crippen molar-refractivity contribution in [2.45, 2.75) is 25.7 Å². The summed E-state index contributed by atoms with van der Waals surface area (Å²) in [4.78, 5) is 15.2. The van der Waals surface area contributed by atoms with Crippen molar-refractivity contribution < 1.29 is 18.7 Å². The molecular weight excluding hydrogens is 382 g/mol. The molecule has 1 atom stereocenters. The summed E-state index contributed by atoms with van der Waals surface area (Å²) in [5.41, 5.74) is 1.44. The van der Waals surface area contributed by atoms with E-state index in [4.69, 9.17) is 13.9 Å². The molecule has 2 aliphatic rings. The fraction of sp³-hybridized carbons (Fsp3) is 0.389. The first-order valence-electron chi connectivity index (χ1n) is 9.00. The minimum Gasteiger partial charge on any atom is -0.454 e. The van der Waals surface area contributed by atoms with Gasteiger partial charge in [0.05, 0.1) is 11.6 Å². The molecule has 1 fully saturated rings. The monoisotopic (exact) mass is 399 g/mol. The normalized spacial score (nSPS) is 18.5. The largest absolute Gasteiger partial charge is 0.454 e. The minimum atomic E-state index is -0.0345. The van der Waals surface area contributed by atoms with E-state index in [0.29, 0.717) is 46.9 Å². The molecule has 0 saturated carbocycles. The molecule has 4 heterocycles. The molecule has 0 N–H and O–H groups in total. The van der Waals surface area contributed by atoms with Crippen molar-refractivity contribution in [3.8, 4) is 23.0 Å². The third-order valence-electron chi connectivity index (χ3n) is 4.96. The summed E-state index contributed by atoms with van der Waals surface area (Å²) in [6.45, 7) is 3.26. The van der Waals surface area contributed by atoms with Gasteiger partial charge >= 0.3 is 0 Å². The quantitative estimate of drug-likeness (QED) is 0.662. The Bertz CT molecular complexity index is 1030. The lowest BCUT2D eigenvalue weighted by atomic mass is 9.98. The Morgan fingerprint density at radius 1 is 1.21 bits per heavy atom. The van der Waals surface area contributed by atoms with Gasteiger partial charge in [0.2, 0.25) is 18.6 Å². The number of nitrogens with zero attached hydrogens (tertiary/aromatic N) is 5. The van der Waals surface area contributed by atoms with E-state index in [1.807, 2.05) is 23.1 Å². The van der Waals surface area contributed by atoms with E-state index >= 15 is 0 Å². The number of piperidine rings is 1. The smallest absolute Gasteiger partial charge is 0.267 e. The molecule has 0 radical (unpaired) electrons. The van der Waals surface area contributed by atoms with Crippen LogP contribution in [0.5, 0.6) is 11.5 Å². The lowest BCUT2D eigenvalue weighted by Crippen LogP contribution is -2.39. The van der Waals surface area contributed by atoms with Gasteiger partial charge in [0.15, 0.2) is 11.5 Å². The molecule has 3 aromatic rings. The fourth-order valence-electron chi connectivity index (χ4n) is 3.48. The standard InChI is InChI=1S/C18H17N5O4S/c1-10-15(28-22-19-10)18(24)23-6-2-3-12(8-23)17-21-20-16(27-17)11-4-5-13-14(7-11)26-9-25-13/h4-5,7,12H,2-3,6,8-9H2,1H3. The minimum absolute atomic E-state index is 0.00847. The van der Waals surface area contributed by atoms with Crippen LogP contribution >= 0.6 is 11.5 Å². The summed E-state index contributed by atoms with van der Waals surface area (Å²) in [5, 5.41) is 12.4. The number of hydrogen-bond acceptors (Lipinski definition) is 9. The highest BCUT2D eigenvalue weighted by Gasteiger charge is 2.30. The van der Waals surface area contributed by atoms with E-state index in [2.05, 4.69) is 19.8 Å². The Kier molecular flexibility index (Phi) is 4.19. The number of benzene rings is 1. The van der Waals surface area contributed by atoms with E-state index in [9.17, 15) is 4.79 Å². The van der Waals surface area contributed by atoms with E-state index in [1.54, 1.807) is 6.92 Å². The average Bonchev–Trinajstić information content (AvgIpc) is 3.47. The SMILES string of the molecule is Cc1nnsc1C(=O)N1CCCC(c2nnc(-c3ccc4c(c3)OCO4)o2)C1. The molecule has 1 amide bonds. The maximum atomic E-state index is 12.8. The average molecular weight is 399 g/mol. The number of aryl methyl sites for hydroxylation is 1. The van der Waals surface area contributed by atoms with Crippen LogP contribution in [0.4, 0.5) is 0 Å². The van der Waals surface area contributed by atoms with E-state index in [-0.39, 0.29) is 18.6 Å². The number of ether oxygens (including phenoxy) is 2. The van der Waals surface area contributed by atoms with Gasteiger partial charge in [0, 0.05) is 18.7 Å². The highest BCUT2D eigenvalue weighted by Crippen LogP contribution is 2.36. The summed E-state index contributed by atoms with van der Waals surface area (Å²) in [6, 6.07) is 5.52. The van der Waals surface area contributed by atoms with Gasteiger partial charge in [-0.05, 0) is 49.5 Å². The predicted octanol–water partition coefficient (Wildman–Crippen LogP) is 2.65. The molecule has 2 aromatic heterocycles. The van der Waals surface area contributed by atoms with Crippen molar-refractivity contribution in [2.75, 3.05) is 19.9 Å². The summed E-state index contributed by atoms with van der Waals surface area (Å²) < 4.78 is 20.5. The van der Waals surface area contributed by atoms with Gasteiger partial charge < -0.3 is 18.8 Å². The van der Waals surface area contributed by atoms with Crippen LogP contribution in [0.1, 0.15) is 40.0 Å². The number of hydrogen-bond donors (Lipinski definition) is 0. The molecule has 0 bridgehead atoms. The van der Waals surface area contributed by atoms with E-state index in [0.717, 1.165) is 29.9 Å². The van der Waals surface area contributed by atoms with Crippen LogP contribution in [0.2, 0.25) is 0 Å². The lowest BCUT2D eigenvalue weighted by Gasteiger charge is -2.30. The Morgan fingerprint density at radius 2 is 2.11 bits per heavy atom. The van der Waals surface area contributed by atoms with Crippen molar-refractivity contribution in [1.82, 2.24) is 24.7 Å². The number of rotatable bonds is 3. The van der Waals surface area contributed by atoms with Crippen LogP contribution in [0.15, 0.2) is 22.6 Å². The Hall–Kier alpha value is -3.01. The Balaban J connectivity index is 1.34. The second-order valence-electron chi connectivity index (χ2n) is 6.79. The molecule has 28 heavy (non-hydrogen) atoms. The van der Waals surface area contributed by atoms with Crippen LogP contribution in [0.25, 0.3) is 11.5 Å². The lowest BCUT2D eigenvalue weighted by molar-refractivity contribution is 0.0702. The fourth-order valence-corrected chi connectivity index (χ4v) is 4.11.